The average Bonchev–Trinajstić information content (AvgIpc) is 3.07. The topological polar surface area (TPSA) is 77.2 Å². The van der Waals surface area contributed by atoms with E-state index < -0.39 is 24.0 Å². The van der Waals surface area contributed by atoms with Crippen LogP contribution in [0.25, 0.3) is 11.0 Å². The quantitative estimate of drug-likeness (QED) is 0.862. The summed E-state index contributed by atoms with van der Waals surface area (Å²) in [5, 5.41) is 6.63. The summed E-state index contributed by atoms with van der Waals surface area (Å²) in [5.41, 5.74) is -0.202. The molecule has 0 aromatic carbocycles. The molecule has 2 N–H and O–H groups in total. The first kappa shape index (κ1) is 18.4. The van der Waals surface area contributed by atoms with Gasteiger partial charge in [-0.2, -0.15) is 13.2 Å². The number of carbonyl (C=O) groups excluding carboxylic acids is 1. The summed E-state index contributed by atoms with van der Waals surface area (Å²) in [5.74, 6) is 0.0959. The summed E-state index contributed by atoms with van der Waals surface area (Å²) in [6.45, 7) is 1.38. The van der Waals surface area contributed by atoms with Gasteiger partial charge < -0.3 is 10.3 Å². The minimum absolute atomic E-state index is 0.309. The number of rotatable bonds is 4. The zero-order valence-corrected chi connectivity index (χ0v) is 14.6. The van der Waals surface area contributed by atoms with E-state index in [1.807, 2.05) is 28.4 Å². The summed E-state index contributed by atoms with van der Waals surface area (Å²) in [6.07, 6.45) is 0.0233. The number of hydrazine groups is 1. The molecule has 0 saturated carbocycles. The van der Waals surface area contributed by atoms with Gasteiger partial charge in [0.15, 0.2) is 5.82 Å². The highest BCUT2D eigenvalue weighted by Gasteiger charge is 2.40. The van der Waals surface area contributed by atoms with E-state index in [4.69, 9.17) is 0 Å². The first-order chi connectivity index (χ1) is 12.2. The number of hydrogen-bond donors (Lipinski definition) is 2. The Balaban J connectivity index is 1.75. The molecule has 0 radical (unpaired) electrons. The number of halogens is 3. The van der Waals surface area contributed by atoms with E-state index in [1.165, 1.54) is 6.33 Å². The Kier molecular flexibility index (Phi) is 4.78. The number of aromatic nitrogens is 3. The van der Waals surface area contributed by atoms with Gasteiger partial charge >= 0.3 is 6.18 Å². The highest BCUT2D eigenvalue weighted by atomic mass is 19.4. The Labute approximate surface area is 148 Å². The van der Waals surface area contributed by atoms with Crippen LogP contribution in [0, 0.1) is 5.41 Å². The van der Waals surface area contributed by atoms with Crippen molar-refractivity contribution in [3.63, 3.8) is 0 Å². The molecule has 0 aliphatic carbocycles. The van der Waals surface area contributed by atoms with Gasteiger partial charge in [-0.1, -0.05) is 0 Å². The molecule has 0 bridgehead atoms. The highest BCUT2D eigenvalue weighted by Crippen LogP contribution is 2.32. The second-order valence-electron chi connectivity index (χ2n) is 6.81. The van der Waals surface area contributed by atoms with Gasteiger partial charge in [0, 0.05) is 26.3 Å². The number of H-pyrrole nitrogens is 1. The SMILES string of the molecule is CN(c1ncnc2[nH]ccc12)N1CCCC(C)(C(=O)NCC(F)(F)F)C1. The summed E-state index contributed by atoms with van der Waals surface area (Å²) in [7, 11) is 1.83. The zero-order valence-electron chi connectivity index (χ0n) is 14.6. The molecule has 1 aliphatic heterocycles. The number of anilines is 1. The molecule has 10 heteroatoms. The standard InChI is InChI=1S/C16H21F3N6O/c1-15(14(26)21-8-16(17,18)19)5-3-7-25(9-15)24(2)13-11-4-6-20-12(11)22-10-23-13/h4,6,10H,3,5,7-9H2,1-2H3,(H,21,26)(H,20,22,23). The van der Waals surface area contributed by atoms with Gasteiger partial charge in [-0.3, -0.25) is 9.80 Å². The van der Waals surface area contributed by atoms with Crippen LogP contribution in [0.2, 0.25) is 0 Å². The van der Waals surface area contributed by atoms with E-state index >= 15 is 0 Å². The van der Waals surface area contributed by atoms with Gasteiger partial charge in [0.25, 0.3) is 0 Å². The van der Waals surface area contributed by atoms with Crippen LogP contribution in [0.5, 0.6) is 0 Å². The fraction of sp³-hybridized carbons (Fsp3) is 0.562. The number of alkyl halides is 3. The van der Waals surface area contributed by atoms with Crippen LogP contribution in [0.3, 0.4) is 0 Å². The van der Waals surface area contributed by atoms with Crippen LogP contribution in [-0.2, 0) is 4.79 Å². The minimum atomic E-state index is -4.42. The second-order valence-corrected chi connectivity index (χ2v) is 6.81. The minimum Gasteiger partial charge on any atom is -0.346 e. The molecule has 3 rings (SSSR count). The van der Waals surface area contributed by atoms with Gasteiger partial charge in [0.05, 0.1) is 10.8 Å². The number of fused-ring (bicyclic) bond motifs is 1. The maximum atomic E-state index is 12.4. The van der Waals surface area contributed by atoms with E-state index in [0.29, 0.717) is 37.4 Å². The Morgan fingerprint density at radius 1 is 1.46 bits per heavy atom. The van der Waals surface area contributed by atoms with Crippen LogP contribution in [-0.4, -0.2) is 58.7 Å². The molecular weight excluding hydrogens is 349 g/mol. The average molecular weight is 370 g/mol. The van der Waals surface area contributed by atoms with Crippen molar-refractivity contribution in [3.05, 3.63) is 18.6 Å². The van der Waals surface area contributed by atoms with Crippen molar-refractivity contribution < 1.29 is 18.0 Å². The second kappa shape index (κ2) is 6.75. The van der Waals surface area contributed by atoms with Crippen LogP contribution >= 0.6 is 0 Å². The molecular formula is C16H21F3N6O. The first-order valence-electron chi connectivity index (χ1n) is 8.31. The van der Waals surface area contributed by atoms with Crippen molar-refractivity contribution in [1.29, 1.82) is 0 Å². The number of carbonyl (C=O) groups is 1. The van der Waals surface area contributed by atoms with E-state index in [2.05, 4.69) is 15.0 Å². The van der Waals surface area contributed by atoms with Crippen molar-refractivity contribution in [2.24, 2.45) is 5.41 Å². The van der Waals surface area contributed by atoms with Crippen molar-refractivity contribution in [1.82, 2.24) is 25.3 Å². The van der Waals surface area contributed by atoms with Crippen molar-refractivity contribution in [2.75, 3.05) is 31.7 Å². The number of nitrogens with zero attached hydrogens (tertiary/aromatic N) is 4. The van der Waals surface area contributed by atoms with Gasteiger partial charge in [0.1, 0.15) is 18.5 Å². The molecule has 0 spiro atoms. The lowest BCUT2D eigenvalue weighted by Crippen LogP contribution is -2.55. The third-order valence-electron chi connectivity index (χ3n) is 4.74. The van der Waals surface area contributed by atoms with Crippen molar-refractivity contribution in [3.8, 4) is 0 Å². The number of amides is 1. The molecule has 1 unspecified atom stereocenters. The Hall–Kier alpha value is -2.36. The van der Waals surface area contributed by atoms with E-state index in [9.17, 15) is 18.0 Å². The van der Waals surface area contributed by atoms with Crippen LogP contribution in [0.15, 0.2) is 18.6 Å². The highest BCUT2D eigenvalue weighted by molar-refractivity contribution is 5.87. The molecule has 2 aromatic heterocycles. The Morgan fingerprint density at radius 2 is 2.23 bits per heavy atom. The third-order valence-corrected chi connectivity index (χ3v) is 4.74. The summed E-state index contributed by atoms with van der Waals surface area (Å²) in [6, 6.07) is 1.86. The molecule has 7 nitrogen and oxygen atoms in total. The Bertz CT molecular complexity index is 792. The summed E-state index contributed by atoms with van der Waals surface area (Å²) in [4.78, 5) is 23.8. The monoisotopic (exact) mass is 370 g/mol. The van der Waals surface area contributed by atoms with Gasteiger partial charge in [-0.15, -0.1) is 0 Å². The molecule has 1 fully saturated rings. The molecule has 2 aromatic rings. The smallest absolute Gasteiger partial charge is 0.346 e. The maximum Gasteiger partial charge on any atom is 0.405 e. The molecule has 3 heterocycles. The molecule has 26 heavy (non-hydrogen) atoms. The lowest BCUT2D eigenvalue weighted by Gasteiger charge is -2.43. The predicted molar refractivity (Wildman–Crippen MR) is 90.3 cm³/mol. The van der Waals surface area contributed by atoms with Gasteiger partial charge in [0.2, 0.25) is 5.91 Å². The van der Waals surface area contributed by atoms with Crippen LogP contribution in [0.1, 0.15) is 19.8 Å². The zero-order chi connectivity index (χ0) is 18.9. The van der Waals surface area contributed by atoms with E-state index in [1.54, 1.807) is 13.1 Å². The number of aromatic amines is 1. The lowest BCUT2D eigenvalue weighted by molar-refractivity contribution is -0.146. The van der Waals surface area contributed by atoms with Gasteiger partial charge in [-0.25, -0.2) is 15.0 Å². The fourth-order valence-electron chi connectivity index (χ4n) is 3.30. The molecule has 1 atom stereocenters. The number of piperidine rings is 1. The van der Waals surface area contributed by atoms with E-state index in [0.717, 1.165) is 5.39 Å². The van der Waals surface area contributed by atoms with E-state index in [-0.39, 0.29) is 0 Å². The largest absolute Gasteiger partial charge is 0.405 e. The third kappa shape index (κ3) is 3.74. The van der Waals surface area contributed by atoms with Crippen LogP contribution < -0.4 is 10.3 Å². The molecule has 1 saturated heterocycles. The maximum absolute atomic E-state index is 12.4. The normalized spacial score (nSPS) is 21.7. The molecule has 142 valence electrons. The number of hydrogen-bond acceptors (Lipinski definition) is 5. The van der Waals surface area contributed by atoms with Crippen molar-refractivity contribution in [2.45, 2.75) is 25.9 Å². The number of nitrogens with one attached hydrogen (secondary N) is 2. The van der Waals surface area contributed by atoms with Crippen LogP contribution in [0.4, 0.5) is 19.0 Å². The van der Waals surface area contributed by atoms with Gasteiger partial charge in [-0.05, 0) is 25.8 Å². The molecule has 1 amide bonds. The molecule has 1 aliphatic rings. The van der Waals surface area contributed by atoms with Crippen molar-refractivity contribution >= 4 is 22.8 Å². The summed E-state index contributed by atoms with van der Waals surface area (Å²) >= 11 is 0. The Morgan fingerprint density at radius 3 is 2.96 bits per heavy atom. The fourth-order valence-corrected chi connectivity index (χ4v) is 3.30. The first-order valence-corrected chi connectivity index (χ1v) is 8.31. The summed E-state index contributed by atoms with van der Waals surface area (Å²) < 4.78 is 37.2. The lowest BCUT2D eigenvalue weighted by atomic mass is 9.81. The predicted octanol–water partition coefficient (Wildman–Crippen LogP) is 2.09.